The summed E-state index contributed by atoms with van der Waals surface area (Å²) >= 11 is 0. The van der Waals surface area contributed by atoms with Crippen LogP contribution in [0.1, 0.15) is 13.8 Å². The lowest BCUT2D eigenvalue weighted by molar-refractivity contribution is -0.123. The number of halogens is 1. The van der Waals surface area contributed by atoms with Gasteiger partial charge in [0.05, 0.1) is 11.7 Å². The van der Waals surface area contributed by atoms with Gasteiger partial charge in [0.2, 0.25) is 5.95 Å². The molecule has 0 unspecified atom stereocenters. The number of hydrogen-bond acceptors (Lipinski definition) is 6. The van der Waals surface area contributed by atoms with Crippen LogP contribution >= 0.6 is 0 Å². The van der Waals surface area contributed by atoms with Gasteiger partial charge < -0.3 is 15.4 Å². The zero-order chi connectivity index (χ0) is 22.0. The summed E-state index contributed by atoms with van der Waals surface area (Å²) in [6, 6.07) is 10.1. The third-order valence-electron chi connectivity index (χ3n) is 4.46. The number of H-pyrrole nitrogens is 1. The molecule has 2 heterocycles. The number of fused-ring (bicyclic) bond motifs is 1. The summed E-state index contributed by atoms with van der Waals surface area (Å²) in [5.41, 5.74) is 2.25. The van der Waals surface area contributed by atoms with E-state index >= 15 is 0 Å². The van der Waals surface area contributed by atoms with E-state index < -0.39 is 5.82 Å². The first-order valence-corrected chi connectivity index (χ1v) is 9.72. The number of ether oxygens (including phenoxy) is 1. The third kappa shape index (κ3) is 4.63. The quantitative estimate of drug-likeness (QED) is 0.421. The smallest absolute Gasteiger partial charge is 0.258 e. The Morgan fingerprint density at radius 3 is 2.87 bits per heavy atom. The third-order valence-corrected chi connectivity index (χ3v) is 4.46. The van der Waals surface area contributed by atoms with Gasteiger partial charge in [0.15, 0.2) is 24.0 Å². The van der Waals surface area contributed by atoms with Crippen molar-refractivity contribution in [3.05, 3.63) is 48.4 Å². The Kier molecular flexibility index (Phi) is 5.52. The fourth-order valence-corrected chi connectivity index (χ4v) is 3.03. The highest BCUT2D eigenvalue weighted by Crippen LogP contribution is 2.26. The average molecular weight is 423 g/mol. The molecule has 0 aliphatic rings. The molecule has 0 bridgehead atoms. The normalized spacial score (nSPS) is 11.1. The molecule has 0 aliphatic heterocycles. The summed E-state index contributed by atoms with van der Waals surface area (Å²) in [6.45, 7) is 3.42. The predicted molar refractivity (Wildman–Crippen MR) is 115 cm³/mol. The fourth-order valence-electron chi connectivity index (χ4n) is 3.03. The summed E-state index contributed by atoms with van der Waals surface area (Å²) in [5.74, 6) is -0.0527. The van der Waals surface area contributed by atoms with Crippen LogP contribution in [0.25, 0.3) is 22.3 Å². The first kappa shape index (κ1) is 20.3. The Morgan fingerprint density at radius 2 is 2.10 bits per heavy atom. The van der Waals surface area contributed by atoms with E-state index in [0.717, 1.165) is 16.6 Å². The fraction of sp³-hybridized carbons (Fsp3) is 0.238. The van der Waals surface area contributed by atoms with Gasteiger partial charge in [-0.05, 0) is 50.2 Å². The van der Waals surface area contributed by atoms with Crippen LogP contribution in [0.4, 0.5) is 16.0 Å². The van der Waals surface area contributed by atoms with Gasteiger partial charge in [-0.2, -0.15) is 10.1 Å². The lowest BCUT2D eigenvalue weighted by Gasteiger charge is -2.10. The standard InChI is InChI=1S/C21H22FN7O2/c1-12(2)24-19(30)11-31-18-7-4-13(9-16(18)22)20-26-21(29(3)28-20)25-15-5-6-17-14(8-15)10-23-27-17/h4-10,12H,11H2,1-3H3,(H,23,27)(H,24,30)(H,25,26,28). The van der Waals surface area contributed by atoms with E-state index in [1.807, 2.05) is 32.0 Å². The molecule has 0 radical (unpaired) electrons. The lowest BCUT2D eigenvalue weighted by atomic mass is 10.2. The Hall–Kier alpha value is -3.95. The van der Waals surface area contributed by atoms with Crippen LogP contribution in [0.3, 0.4) is 0 Å². The van der Waals surface area contributed by atoms with Crippen molar-refractivity contribution in [2.24, 2.45) is 7.05 Å². The van der Waals surface area contributed by atoms with Crippen molar-refractivity contribution in [1.29, 1.82) is 0 Å². The molecule has 0 saturated carbocycles. The number of benzene rings is 2. The van der Waals surface area contributed by atoms with Crippen molar-refractivity contribution in [3.8, 4) is 17.1 Å². The van der Waals surface area contributed by atoms with Gasteiger partial charge in [-0.15, -0.1) is 5.10 Å². The minimum atomic E-state index is -0.595. The Bertz CT molecular complexity index is 1230. The largest absolute Gasteiger partial charge is 0.481 e. The number of hydrogen-bond donors (Lipinski definition) is 3. The van der Waals surface area contributed by atoms with E-state index in [9.17, 15) is 9.18 Å². The molecule has 10 heteroatoms. The van der Waals surface area contributed by atoms with Gasteiger partial charge in [-0.1, -0.05) is 0 Å². The summed E-state index contributed by atoms with van der Waals surface area (Å²) in [4.78, 5) is 16.1. The van der Waals surface area contributed by atoms with Gasteiger partial charge in [0, 0.05) is 29.7 Å². The van der Waals surface area contributed by atoms with Crippen molar-refractivity contribution in [3.63, 3.8) is 0 Å². The first-order chi connectivity index (χ1) is 14.9. The molecule has 4 rings (SSSR count). The van der Waals surface area contributed by atoms with E-state index in [2.05, 4.69) is 30.9 Å². The number of anilines is 2. The molecule has 0 fully saturated rings. The maximum atomic E-state index is 14.5. The molecule has 9 nitrogen and oxygen atoms in total. The highest BCUT2D eigenvalue weighted by atomic mass is 19.1. The lowest BCUT2D eigenvalue weighted by Crippen LogP contribution is -2.34. The Labute approximate surface area is 177 Å². The molecule has 0 atom stereocenters. The van der Waals surface area contributed by atoms with Crippen molar-refractivity contribution in [1.82, 2.24) is 30.3 Å². The molecule has 0 aliphatic carbocycles. The minimum absolute atomic E-state index is 0.00893. The maximum Gasteiger partial charge on any atom is 0.258 e. The molecule has 160 valence electrons. The highest BCUT2D eigenvalue weighted by molar-refractivity contribution is 5.82. The monoisotopic (exact) mass is 423 g/mol. The van der Waals surface area contributed by atoms with E-state index in [4.69, 9.17) is 4.74 Å². The Morgan fingerprint density at radius 1 is 1.26 bits per heavy atom. The Balaban J connectivity index is 1.48. The molecule has 4 aromatic rings. The summed E-state index contributed by atoms with van der Waals surface area (Å²) in [7, 11) is 1.75. The van der Waals surface area contributed by atoms with Crippen LogP contribution in [0, 0.1) is 5.82 Å². The van der Waals surface area contributed by atoms with Gasteiger partial charge >= 0.3 is 0 Å². The van der Waals surface area contributed by atoms with Crippen molar-refractivity contribution >= 4 is 28.4 Å². The average Bonchev–Trinajstić information content (AvgIpc) is 3.33. The molecule has 1 amide bonds. The van der Waals surface area contributed by atoms with E-state index in [1.165, 1.54) is 12.1 Å². The van der Waals surface area contributed by atoms with Crippen molar-refractivity contribution in [2.45, 2.75) is 19.9 Å². The molecular weight excluding hydrogens is 401 g/mol. The second kappa shape index (κ2) is 8.42. The van der Waals surface area contributed by atoms with Crippen LogP contribution in [-0.2, 0) is 11.8 Å². The summed E-state index contributed by atoms with van der Waals surface area (Å²) < 4.78 is 21.3. The number of nitrogens with zero attached hydrogens (tertiary/aromatic N) is 4. The number of aromatic nitrogens is 5. The highest BCUT2D eigenvalue weighted by Gasteiger charge is 2.14. The molecular formula is C21H22FN7O2. The summed E-state index contributed by atoms with van der Waals surface area (Å²) in [6.07, 6.45) is 1.74. The molecule has 0 saturated heterocycles. The van der Waals surface area contributed by atoms with Gasteiger partial charge in [0.25, 0.3) is 5.91 Å². The summed E-state index contributed by atoms with van der Waals surface area (Å²) in [5, 5.41) is 18.1. The number of carbonyl (C=O) groups is 1. The van der Waals surface area contributed by atoms with Crippen LogP contribution < -0.4 is 15.4 Å². The van der Waals surface area contributed by atoms with Crippen LogP contribution in [0.2, 0.25) is 0 Å². The second-order valence-corrected chi connectivity index (χ2v) is 7.34. The van der Waals surface area contributed by atoms with Crippen LogP contribution in [0.15, 0.2) is 42.6 Å². The van der Waals surface area contributed by atoms with Crippen LogP contribution in [-0.4, -0.2) is 43.5 Å². The molecule has 3 N–H and O–H groups in total. The number of nitrogens with one attached hydrogen (secondary N) is 3. The predicted octanol–water partition coefficient (Wildman–Crippen LogP) is 3.14. The topological polar surface area (TPSA) is 110 Å². The number of rotatable bonds is 7. The second-order valence-electron chi connectivity index (χ2n) is 7.34. The molecule has 0 spiro atoms. The molecule has 2 aromatic heterocycles. The number of aromatic amines is 1. The van der Waals surface area contributed by atoms with Crippen LogP contribution in [0.5, 0.6) is 5.75 Å². The van der Waals surface area contributed by atoms with Gasteiger partial charge in [-0.25, -0.2) is 9.07 Å². The number of carbonyl (C=O) groups excluding carboxylic acids is 1. The minimum Gasteiger partial charge on any atom is -0.481 e. The zero-order valence-corrected chi connectivity index (χ0v) is 17.3. The maximum absolute atomic E-state index is 14.5. The molecule has 31 heavy (non-hydrogen) atoms. The van der Waals surface area contributed by atoms with Crippen molar-refractivity contribution < 1.29 is 13.9 Å². The SMILES string of the molecule is CC(C)NC(=O)COc1ccc(-c2nc(Nc3ccc4[nH]ncc4c3)n(C)n2)cc1F. The van der Waals surface area contributed by atoms with E-state index in [1.54, 1.807) is 24.0 Å². The zero-order valence-electron chi connectivity index (χ0n) is 17.3. The van der Waals surface area contributed by atoms with Gasteiger partial charge in [-0.3, -0.25) is 9.89 Å². The number of aryl methyl sites for hydroxylation is 1. The van der Waals surface area contributed by atoms with Gasteiger partial charge in [0.1, 0.15) is 0 Å². The molecule has 2 aromatic carbocycles. The van der Waals surface area contributed by atoms with Crippen molar-refractivity contribution in [2.75, 3.05) is 11.9 Å². The first-order valence-electron chi connectivity index (χ1n) is 9.72. The number of amides is 1. The van der Waals surface area contributed by atoms with E-state index in [-0.39, 0.29) is 24.3 Å². The van der Waals surface area contributed by atoms with E-state index in [0.29, 0.717) is 17.3 Å².